The molecule has 1 N–H and O–H groups in total. The minimum Gasteiger partial charge on any atom is -0.493 e. The van der Waals surface area contributed by atoms with E-state index in [1.807, 2.05) is 79.7 Å². The summed E-state index contributed by atoms with van der Waals surface area (Å²) in [5.41, 5.74) is 2.42. The van der Waals surface area contributed by atoms with Gasteiger partial charge in [0, 0.05) is 21.6 Å². The van der Waals surface area contributed by atoms with E-state index in [-0.39, 0.29) is 5.91 Å². The van der Waals surface area contributed by atoms with Crippen molar-refractivity contribution in [2.45, 2.75) is 18.8 Å². The highest BCUT2D eigenvalue weighted by Gasteiger charge is 2.35. The van der Waals surface area contributed by atoms with E-state index in [4.69, 9.17) is 26.4 Å². The van der Waals surface area contributed by atoms with Crippen molar-refractivity contribution in [2.24, 2.45) is 10.1 Å². The van der Waals surface area contributed by atoms with Gasteiger partial charge in [0.05, 0.1) is 12.0 Å². The molecule has 3 aromatic carbocycles. The van der Waals surface area contributed by atoms with Gasteiger partial charge in [-0.05, 0) is 36.8 Å². The third-order valence-electron chi connectivity index (χ3n) is 5.30. The largest absolute Gasteiger partial charge is 0.493 e. The SMILES string of the molecule is CCOc1ccccc1C1N=c2ccccc2=C2C(=O)NC(SCc3ccc(Cl)cc3)=NN21. The number of ether oxygens (including phenoxy) is 1. The first-order valence-corrected chi connectivity index (χ1v) is 12.0. The molecule has 2 heterocycles. The van der Waals surface area contributed by atoms with Gasteiger partial charge < -0.3 is 4.74 Å². The maximum absolute atomic E-state index is 13.3. The Bertz CT molecular complexity index is 1360. The monoisotopic (exact) mass is 476 g/mol. The van der Waals surface area contributed by atoms with Gasteiger partial charge in [-0.2, -0.15) is 0 Å². The van der Waals surface area contributed by atoms with Crippen molar-refractivity contribution in [1.29, 1.82) is 0 Å². The van der Waals surface area contributed by atoms with Crippen molar-refractivity contribution in [3.05, 3.63) is 99.5 Å². The molecule has 0 spiro atoms. The summed E-state index contributed by atoms with van der Waals surface area (Å²) in [6.45, 7) is 2.47. The van der Waals surface area contributed by atoms with Gasteiger partial charge in [0.25, 0.3) is 5.91 Å². The second-order valence-corrected chi connectivity index (χ2v) is 8.86. The zero-order valence-electron chi connectivity index (χ0n) is 17.9. The molecule has 1 atom stereocenters. The van der Waals surface area contributed by atoms with E-state index in [1.165, 1.54) is 11.8 Å². The van der Waals surface area contributed by atoms with Gasteiger partial charge in [-0.3, -0.25) is 15.1 Å². The van der Waals surface area contributed by atoms with Crippen LogP contribution in [-0.2, 0) is 10.5 Å². The molecular weight excluding hydrogens is 456 g/mol. The van der Waals surface area contributed by atoms with E-state index in [0.717, 1.165) is 27.5 Å². The number of hydrazone groups is 1. The molecule has 33 heavy (non-hydrogen) atoms. The van der Waals surface area contributed by atoms with Crippen LogP contribution in [0.1, 0.15) is 24.2 Å². The van der Waals surface area contributed by atoms with Crippen LogP contribution >= 0.6 is 23.4 Å². The Kier molecular flexibility index (Phi) is 6.07. The van der Waals surface area contributed by atoms with Crippen LogP contribution < -0.4 is 20.6 Å². The zero-order chi connectivity index (χ0) is 22.8. The van der Waals surface area contributed by atoms with Gasteiger partial charge >= 0.3 is 0 Å². The second-order valence-electron chi connectivity index (χ2n) is 7.46. The number of amidine groups is 1. The molecule has 0 radical (unpaired) electrons. The first-order chi connectivity index (χ1) is 16.1. The number of benzene rings is 3. The Hall–Kier alpha value is -3.29. The Balaban J connectivity index is 1.57. The maximum Gasteiger partial charge on any atom is 0.276 e. The molecule has 0 fully saturated rings. The van der Waals surface area contributed by atoms with Gasteiger partial charge in [0.1, 0.15) is 11.4 Å². The van der Waals surface area contributed by atoms with Crippen molar-refractivity contribution in [3.8, 4) is 5.75 Å². The number of carbonyl (C=O) groups excluding carboxylic acids is 1. The van der Waals surface area contributed by atoms with Gasteiger partial charge in [-0.25, -0.2) is 5.01 Å². The number of nitrogens with zero attached hydrogens (tertiary/aromatic N) is 3. The first-order valence-electron chi connectivity index (χ1n) is 10.6. The predicted molar refractivity (Wildman–Crippen MR) is 131 cm³/mol. The second kappa shape index (κ2) is 9.29. The van der Waals surface area contributed by atoms with Gasteiger partial charge in [-0.15, -0.1) is 5.10 Å². The summed E-state index contributed by atoms with van der Waals surface area (Å²) >= 11 is 7.44. The van der Waals surface area contributed by atoms with Crippen LogP contribution in [0.3, 0.4) is 0 Å². The molecule has 6 nitrogen and oxygen atoms in total. The maximum atomic E-state index is 13.3. The summed E-state index contributed by atoms with van der Waals surface area (Å²) in [4.78, 5) is 18.2. The third kappa shape index (κ3) is 4.34. The number of rotatable bonds is 5. The molecule has 5 rings (SSSR count). The zero-order valence-corrected chi connectivity index (χ0v) is 19.4. The van der Waals surface area contributed by atoms with E-state index < -0.39 is 6.17 Å². The van der Waals surface area contributed by atoms with E-state index in [2.05, 4.69) is 5.32 Å². The summed E-state index contributed by atoms with van der Waals surface area (Å²) in [5.74, 6) is 1.17. The molecule has 2 aliphatic rings. The number of fused-ring (bicyclic) bond motifs is 2. The Morgan fingerprint density at radius 2 is 1.82 bits per heavy atom. The number of amides is 1. The number of para-hydroxylation sites is 2. The van der Waals surface area contributed by atoms with E-state index in [1.54, 1.807) is 5.01 Å². The molecule has 2 aliphatic heterocycles. The lowest BCUT2D eigenvalue weighted by Crippen LogP contribution is -2.50. The summed E-state index contributed by atoms with van der Waals surface area (Å²) in [7, 11) is 0. The van der Waals surface area contributed by atoms with Crippen LogP contribution in [0.15, 0.2) is 82.9 Å². The Labute approximate surface area is 200 Å². The van der Waals surface area contributed by atoms with Crippen LogP contribution in [0, 0.1) is 0 Å². The highest BCUT2D eigenvalue weighted by Crippen LogP contribution is 2.35. The van der Waals surface area contributed by atoms with Crippen LogP contribution in [0.4, 0.5) is 0 Å². The number of hydrogen-bond donors (Lipinski definition) is 1. The molecular formula is C25H21ClN4O2S. The van der Waals surface area contributed by atoms with Crippen LogP contribution in [-0.4, -0.2) is 22.7 Å². The average molecular weight is 477 g/mol. The molecule has 0 bridgehead atoms. The molecule has 0 saturated carbocycles. The molecule has 166 valence electrons. The standard InChI is InChI=1S/C25H21ClN4O2S/c1-2-32-21-10-6-4-8-19(21)23-27-20-9-5-3-7-18(20)22-24(31)28-25(29-30(22)23)33-15-16-11-13-17(26)14-12-16/h3-14,23H,2,15H2,1H3,(H,28,29,31). The van der Waals surface area contributed by atoms with E-state index >= 15 is 0 Å². The van der Waals surface area contributed by atoms with Gasteiger partial charge in [-0.1, -0.05) is 71.9 Å². The third-order valence-corrected chi connectivity index (χ3v) is 6.49. The summed E-state index contributed by atoms with van der Waals surface area (Å²) < 4.78 is 5.87. The molecule has 1 unspecified atom stereocenters. The molecule has 0 aliphatic carbocycles. The molecule has 1 amide bonds. The fraction of sp³-hybridized carbons (Fsp3) is 0.160. The molecule has 0 saturated heterocycles. The fourth-order valence-electron chi connectivity index (χ4n) is 3.81. The lowest BCUT2D eigenvalue weighted by atomic mass is 10.1. The Morgan fingerprint density at radius 3 is 2.64 bits per heavy atom. The normalized spacial score (nSPS) is 16.8. The highest BCUT2D eigenvalue weighted by molar-refractivity contribution is 8.13. The van der Waals surface area contributed by atoms with Gasteiger partial charge in [0.2, 0.25) is 0 Å². The number of thioether (sulfide) groups is 1. The van der Waals surface area contributed by atoms with E-state index in [0.29, 0.717) is 28.2 Å². The molecule has 8 heteroatoms. The minimum absolute atomic E-state index is 0.204. The summed E-state index contributed by atoms with van der Waals surface area (Å²) in [6.07, 6.45) is -0.519. The lowest BCUT2D eigenvalue weighted by Gasteiger charge is -2.34. The minimum atomic E-state index is -0.519. The van der Waals surface area contributed by atoms with Crippen molar-refractivity contribution in [1.82, 2.24) is 10.3 Å². The van der Waals surface area contributed by atoms with Crippen LogP contribution in [0.5, 0.6) is 5.75 Å². The van der Waals surface area contributed by atoms with Crippen molar-refractivity contribution >= 4 is 40.1 Å². The summed E-state index contributed by atoms with van der Waals surface area (Å²) in [5, 5.41) is 12.2. The molecule has 3 aromatic rings. The Morgan fingerprint density at radius 1 is 1.06 bits per heavy atom. The number of halogens is 1. The number of carbonyl (C=O) groups is 1. The van der Waals surface area contributed by atoms with Crippen molar-refractivity contribution in [2.75, 3.05) is 6.61 Å². The van der Waals surface area contributed by atoms with Crippen molar-refractivity contribution < 1.29 is 9.53 Å². The van der Waals surface area contributed by atoms with Gasteiger partial charge in [0.15, 0.2) is 11.3 Å². The highest BCUT2D eigenvalue weighted by atomic mass is 35.5. The average Bonchev–Trinajstić information content (AvgIpc) is 2.83. The fourth-order valence-corrected chi connectivity index (χ4v) is 4.74. The number of hydrogen-bond acceptors (Lipinski definition) is 6. The van der Waals surface area contributed by atoms with Crippen LogP contribution in [0.2, 0.25) is 5.02 Å². The van der Waals surface area contributed by atoms with Crippen molar-refractivity contribution in [3.63, 3.8) is 0 Å². The topological polar surface area (TPSA) is 66.3 Å². The quantitative estimate of drug-likeness (QED) is 0.608. The molecule has 0 aromatic heterocycles. The first kappa shape index (κ1) is 21.6. The predicted octanol–water partition coefficient (Wildman–Crippen LogP) is 3.82. The van der Waals surface area contributed by atoms with E-state index in [9.17, 15) is 4.79 Å². The van der Waals surface area contributed by atoms with Crippen LogP contribution in [0.25, 0.3) is 5.70 Å². The number of nitrogens with one attached hydrogen (secondary N) is 1. The lowest BCUT2D eigenvalue weighted by molar-refractivity contribution is -0.116. The summed E-state index contributed by atoms with van der Waals surface area (Å²) in [6, 6.07) is 23.0. The smallest absolute Gasteiger partial charge is 0.276 e.